The zero-order chi connectivity index (χ0) is 21.5. The van der Waals surface area contributed by atoms with E-state index in [9.17, 15) is 14.0 Å². The monoisotopic (exact) mass is 411 g/mol. The van der Waals surface area contributed by atoms with Crippen molar-refractivity contribution in [3.05, 3.63) is 58.9 Å². The van der Waals surface area contributed by atoms with Gasteiger partial charge in [-0.1, -0.05) is 39.0 Å². The molecule has 2 aliphatic rings. The number of para-hydroxylation sites is 1. The third-order valence-electron chi connectivity index (χ3n) is 5.57. The van der Waals surface area contributed by atoms with Crippen LogP contribution in [0.2, 0.25) is 0 Å². The number of fused-ring (bicyclic) bond motifs is 1. The molecule has 1 amide bonds. The first kappa shape index (κ1) is 20.4. The summed E-state index contributed by atoms with van der Waals surface area (Å²) in [5, 5.41) is 0. The Morgan fingerprint density at radius 1 is 1.23 bits per heavy atom. The molecule has 4 rings (SSSR count). The van der Waals surface area contributed by atoms with Crippen molar-refractivity contribution in [2.75, 3.05) is 26.3 Å². The molecule has 1 saturated heterocycles. The molecule has 0 radical (unpaired) electrons. The molecule has 0 bridgehead atoms. The molecule has 2 aromatic rings. The maximum atomic E-state index is 14.4. The summed E-state index contributed by atoms with van der Waals surface area (Å²) in [6.45, 7) is 7.92. The fourth-order valence-electron chi connectivity index (χ4n) is 3.89. The maximum Gasteiger partial charge on any atom is 0.256 e. The van der Waals surface area contributed by atoms with Crippen LogP contribution in [-0.4, -0.2) is 42.9 Å². The molecule has 0 atom stereocenters. The second-order valence-electron chi connectivity index (χ2n) is 9.08. The Kier molecular flexibility index (Phi) is 5.26. The van der Waals surface area contributed by atoms with Crippen LogP contribution < -0.4 is 9.47 Å². The lowest BCUT2D eigenvalue weighted by molar-refractivity contribution is -0.121. The summed E-state index contributed by atoms with van der Waals surface area (Å²) >= 11 is 0. The number of nitrogens with zero attached hydrogens (tertiary/aromatic N) is 1. The molecule has 0 aliphatic carbocycles. The average molecular weight is 411 g/mol. The molecule has 0 spiro atoms. The van der Waals surface area contributed by atoms with Gasteiger partial charge in [-0.3, -0.25) is 9.59 Å². The molecule has 2 heterocycles. The van der Waals surface area contributed by atoms with Gasteiger partial charge in [0.2, 0.25) is 0 Å². The van der Waals surface area contributed by atoms with Crippen molar-refractivity contribution >= 4 is 11.7 Å². The van der Waals surface area contributed by atoms with Gasteiger partial charge in [0.1, 0.15) is 23.9 Å². The molecule has 1 fully saturated rings. The maximum absolute atomic E-state index is 14.4. The standard InChI is InChI=1S/C24H26FNO4/c1-24(2,3)19-6-4-5-7-21(19)29-13-15-11-26(12-15)23(28)18-9-16-8-17(27)14-30-22(16)10-20(18)25/h4-7,9-10,15H,8,11-14H2,1-3H3. The summed E-state index contributed by atoms with van der Waals surface area (Å²) in [5.74, 6) is 0.347. The summed E-state index contributed by atoms with van der Waals surface area (Å²) in [6, 6.07) is 10.6. The third-order valence-corrected chi connectivity index (χ3v) is 5.57. The largest absolute Gasteiger partial charge is 0.493 e. The highest BCUT2D eigenvalue weighted by molar-refractivity contribution is 5.96. The Bertz CT molecular complexity index is 989. The number of likely N-dealkylation sites (tertiary alicyclic amines) is 1. The molecule has 5 nitrogen and oxygen atoms in total. The number of carbonyl (C=O) groups is 2. The number of carbonyl (C=O) groups excluding carboxylic acids is 2. The van der Waals surface area contributed by atoms with E-state index in [1.807, 2.05) is 18.2 Å². The van der Waals surface area contributed by atoms with E-state index in [-0.39, 0.29) is 41.6 Å². The van der Waals surface area contributed by atoms with E-state index in [0.717, 1.165) is 11.3 Å². The summed E-state index contributed by atoms with van der Waals surface area (Å²) in [5.41, 5.74) is 1.68. The molecule has 0 saturated carbocycles. The van der Waals surface area contributed by atoms with Crippen molar-refractivity contribution in [1.82, 2.24) is 4.90 Å². The lowest BCUT2D eigenvalue weighted by Gasteiger charge is -2.39. The normalized spacial score (nSPS) is 16.5. The van der Waals surface area contributed by atoms with E-state index in [1.165, 1.54) is 12.1 Å². The van der Waals surface area contributed by atoms with E-state index in [0.29, 0.717) is 31.0 Å². The minimum Gasteiger partial charge on any atom is -0.493 e. The predicted octanol–water partition coefficient (Wildman–Crippen LogP) is 3.78. The van der Waals surface area contributed by atoms with Crippen LogP contribution in [0, 0.1) is 11.7 Å². The van der Waals surface area contributed by atoms with Crippen molar-refractivity contribution in [3.63, 3.8) is 0 Å². The Balaban J connectivity index is 1.37. The van der Waals surface area contributed by atoms with Crippen LogP contribution in [0.25, 0.3) is 0 Å². The smallest absolute Gasteiger partial charge is 0.256 e. The van der Waals surface area contributed by atoms with E-state index in [1.54, 1.807) is 4.90 Å². The Morgan fingerprint density at radius 3 is 2.70 bits per heavy atom. The van der Waals surface area contributed by atoms with Gasteiger partial charge in [-0.2, -0.15) is 0 Å². The molecule has 30 heavy (non-hydrogen) atoms. The van der Waals surface area contributed by atoms with Crippen LogP contribution in [-0.2, 0) is 16.6 Å². The van der Waals surface area contributed by atoms with Gasteiger partial charge >= 0.3 is 0 Å². The van der Waals surface area contributed by atoms with Gasteiger partial charge in [0.15, 0.2) is 5.78 Å². The zero-order valence-electron chi connectivity index (χ0n) is 17.5. The summed E-state index contributed by atoms with van der Waals surface area (Å²) in [4.78, 5) is 25.9. The van der Waals surface area contributed by atoms with Gasteiger partial charge in [-0.25, -0.2) is 4.39 Å². The van der Waals surface area contributed by atoms with E-state index in [4.69, 9.17) is 9.47 Å². The highest BCUT2D eigenvalue weighted by atomic mass is 19.1. The predicted molar refractivity (Wildman–Crippen MR) is 111 cm³/mol. The molecule has 0 N–H and O–H groups in total. The minimum atomic E-state index is -0.619. The number of benzene rings is 2. The highest BCUT2D eigenvalue weighted by Crippen LogP contribution is 2.32. The number of hydrogen-bond donors (Lipinski definition) is 0. The van der Waals surface area contributed by atoms with Crippen LogP contribution in [0.4, 0.5) is 4.39 Å². The number of ketones is 1. The van der Waals surface area contributed by atoms with E-state index < -0.39 is 5.82 Å². The lowest BCUT2D eigenvalue weighted by Crippen LogP contribution is -2.52. The fraction of sp³-hybridized carbons (Fsp3) is 0.417. The Labute approximate surface area is 175 Å². The second kappa shape index (κ2) is 7.74. The Hall–Kier alpha value is -2.89. The molecule has 0 unspecified atom stereocenters. The van der Waals surface area contributed by atoms with Gasteiger partial charge in [0.25, 0.3) is 5.91 Å². The molecule has 6 heteroatoms. The van der Waals surface area contributed by atoms with Gasteiger partial charge in [0, 0.05) is 37.1 Å². The number of rotatable bonds is 4. The van der Waals surface area contributed by atoms with Crippen molar-refractivity contribution in [2.45, 2.75) is 32.6 Å². The topological polar surface area (TPSA) is 55.8 Å². The number of Topliss-reactive ketones (excluding diaryl/α,β-unsaturated/α-hetero) is 1. The van der Waals surface area contributed by atoms with Crippen LogP contribution in [0.5, 0.6) is 11.5 Å². The fourth-order valence-corrected chi connectivity index (χ4v) is 3.89. The SMILES string of the molecule is CC(C)(C)c1ccccc1OCC1CN(C(=O)c2cc3c(cc2F)OCC(=O)C3)C1. The third kappa shape index (κ3) is 4.04. The zero-order valence-corrected chi connectivity index (χ0v) is 17.5. The highest BCUT2D eigenvalue weighted by Gasteiger charge is 2.34. The van der Waals surface area contributed by atoms with E-state index in [2.05, 4.69) is 26.8 Å². The first-order valence-corrected chi connectivity index (χ1v) is 10.2. The van der Waals surface area contributed by atoms with Crippen molar-refractivity contribution < 1.29 is 23.5 Å². The second-order valence-corrected chi connectivity index (χ2v) is 9.08. The number of ether oxygens (including phenoxy) is 2. The van der Waals surface area contributed by atoms with Crippen molar-refractivity contribution in [1.29, 1.82) is 0 Å². The molecule has 2 aliphatic heterocycles. The minimum absolute atomic E-state index is 0.00973. The summed E-state index contributed by atoms with van der Waals surface area (Å²) in [7, 11) is 0. The van der Waals surface area contributed by atoms with E-state index >= 15 is 0 Å². The van der Waals surface area contributed by atoms with Crippen LogP contribution >= 0.6 is 0 Å². The Morgan fingerprint density at radius 2 is 1.97 bits per heavy atom. The number of amides is 1. The van der Waals surface area contributed by atoms with Gasteiger partial charge in [-0.05, 0) is 23.1 Å². The van der Waals surface area contributed by atoms with Gasteiger partial charge in [0.05, 0.1) is 12.2 Å². The molecular weight excluding hydrogens is 385 g/mol. The van der Waals surface area contributed by atoms with Crippen LogP contribution in [0.1, 0.15) is 42.3 Å². The van der Waals surface area contributed by atoms with Crippen molar-refractivity contribution in [2.24, 2.45) is 5.92 Å². The summed E-state index contributed by atoms with van der Waals surface area (Å²) < 4.78 is 25.7. The van der Waals surface area contributed by atoms with Gasteiger partial charge in [-0.15, -0.1) is 0 Å². The van der Waals surface area contributed by atoms with Crippen molar-refractivity contribution in [3.8, 4) is 11.5 Å². The molecule has 2 aromatic carbocycles. The molecular formula is C24H26FNO4. The number of hydrogen-bond acceptors (Lipinski definition) is 4. The molecule has 0 aromatic heterocycles. The first-order valence-electron chi connectivity index (χ1n) is 10.2. The molecule has 158 valence electrons. The van der Waals surface area contributed by atoms with Crippen LogP contribution in [0.3, 0.4) is 0 Å². The average Bonchev–Trinajstić information content (AvgIpc) is 2.66. The quantitative estimate of drug-likeness (QED) is 0.768. The lowest BCUT2D eigenvalue weighted by atomic mass is 9.86. The first-order chi connectivity index (χ1) is 14.2. The van der Waals surface area contributed by atoms with Crippen LogP contribution in [0.15, 0.2) is 36.4 Å². The number of halogens is 1. The van der Waals surface area contributed by atoms with Gasteiger partial charge < -0.3 is 14.4 Å². The summed E-state index contributed by atoms with van der Waals surface area (Å²) in [6.07, 6.45) is 0.166.